The fraction of sp³-hybridized carbons (Fsp3) is 1.00. The van der Waals surface area contributed by atoms with Crippen LogP contribution in [0.3, 0.4) is 0 Å². The van der Waals surface area contributed by atoms with Gasteiger partial charge in [-0.25, -0.2) is 0 Å². The molecule has 0 radical (unpaired) electrons. The van der Waals surface area contributed by atoms with Crippen LogP contribution >= 0.6 is 0 Å². The van der Waals surface area contributed by atoms with Crippen molar-refractivity contribution in [2.24, 2.45) is 11.8 Å². The lowest BCUT2D eigenvalue weighted by Gasteiger charge is -2.23. The zero-order chi connectivity index (χ0) is 11.3. The standard InChI is InChI=1S/C12H26N2O/c1-4-13-12(9-15)8-14-6-5-11(7-14)10(2)3/h10-13,15H,4-9H2,1-3H3. The topological polar surface area (TPSA) is 35.5 Å². The first-order chi connectivity index (χ1) is 7.17. The highest BCUT2D eigenvalue weighted by Crippen LogP contribution is 2.23. The largest absolute Gasteiger partial charge is 0.395 e. The Balaban J connectivity index is 2.27. The molecule has 1 aliphatic rings. The number of aliphatic hydroxyl groups excluding tert-OH is 1. The number of aliphatic hydroxyl groups is 1. The van der Waals surface area contributed by atoms with Crippen LogP contribution in [0.1, 0.15) is 27.2 Å². The average Bonchev–Trinajstić information content (AvgIpc) is 2.65. The highest BCUT2D eigenvalue weighted by molar-refractivity contribution is 4.80. The molecule has 1 saturated heterocycles. The van der Waals surface area contributed by atoms with Crippen molar-refractivity contribution < 1.29 is 5.11 Å². The molecule has 0 aromatic heterocycles. The van der Waals surface area contributed by atoms with Gasteiger partial charge in [-0.1, -0.05) is 20.8 Å². The summed E-state index contributed by atoms with van der Waals surface area (Å²) in [4.78, 5) is 2.48. The minimum absolute atomic E-state index is 0.247. The summed E-state index contributed by atoms with van der Waals surface area (Å²) in [6.07, 6.45) is 1.32. The molecule has 0 saturated carbocycles. The van der Waals surface area contributed by atoms with E-state index in [1.807, 2.05) is 0 Å². The smallest absolute Gasteiger partial charge is 0.0597 e. The minimum Gasteiger partial charge on any atom is -0.395 e. The summed E-state index contributed by atoms with van der Waals surface area (Å²) in [5.41, 5.74) is 0. The van der Waals surface area contributed by atoms with Crippen LogP contribution in [0.2, 0.25) is 0 Å². The third-order valence-electron chi connectivity index (χ3n) is 3.44. The van der Waals surface area contributed by atoms with Gasteiger partial charge in [0.25, 0.3) is 0 Å². The molecular formula is C12H26N2O. The molecular weight excluding hydrogens is 188 g/mol. The fourth-order valence-electron chi connectivity index (χ4n) is 2.36. The molecule has 0 spiro atoms. The maximum atomic E-state index is 9.20. The average molecular weight is 214 g/mol. The summed E-state index contributed by atoms with van der Waals surface area (Å²) in [6.45, 7) is 11.3. The first kappa shape index (κ1) is 12.9. The number of hydrogen-bond acceptors (Lipinski definition) is 3. The van der Waals surface area contributed by atoms with Gasteiger partial charge < -0.3 is 15.3 Å². The molecule has 0 bridgehead atoms. The van der Waals surface area contributed by atoms with Crippen molar-refractivity contribution in [1.82, 2.24) is 10.2 Å². The van der Waals surface area contributed by atoms with Crippen LogP contribution in [0.5, 0.6) is 0 Å². The molecule has 0 amide bonds. The van der Waals surface area contributed by atoms with Gasteiger partial charge in [0.05, 0.1) is 6.61 Å². The normalized spacial score (nSPS) is 25.0. The van der Waals surface area contributed by atoms with E-state index in [4.69, 9.17) is 0 Å². The van der Waals surface area contributed by atoms with Crippen LogP contribution in [0.15, 0.2) is 0 Å². The van der Waals surface area contributed by atoms with Crippen molar-refractivity contribution in [2.45, 2.75) is 33.2 Å². The lowest BCUT2D eigenvalue weighted by Crippen LogP contribution is -2.42. The third-order valence-corrected chi connectivity index (χ3v) is 3.44. The Hall–Kier alpha value is -0.120. The zero-order valence-electron chi connectivity index (χ0n) is 10.4. The predicted octanol–water partition coefficient (Wildman–Crippen LogP) is 0.935. The van der Waals surface area contributed by atoms with Gasteiger partial charge in [-0.3, -0.25) is 0 Å². The number of rotatable bonds is 6. The molecule has 2 unspecified atom stereocenters. The fourth-order valence-corrected chi connectivity index (χ4v) is 2.36. The van der Waals surface area contributed by atoms with Gasteiger partial charge in [-0.2, -0.15) is 0 Å². The van der Waals surface area contributed by atoms with Gasteiger partial charge in [0.2, 0.25) is 0 Å². The summed E-state index contributed by atoms with van der Waals surface area (Å²) in [5, 5.41) is 12.5. The number of hydrogen-bond donors (Lipinski definition) is 2. The van der Waals surface area contributed by atoms with Crippen LogP contribution in [0.4, 0.5) is 0 Å². The van der Waals surface area contributed by atoms with E-state index in [9.17, 15) is 5.11 Å². The lowest BCUT2D eigenvalue weighted by molar-refractivity contribution is 0.194. The van der Waals surface area contributed by atoms with Gasteiger partial charge in [0, 0.05) is 19.1 Å². The molecule has 2 N–H and O–H groups in total. The second kappa shape index (κ2) is 6.46. The van der Waals surface area contributed by atoms with E-state index in [-0.39, 0.29) is 12.6 Å². The highest BCUT2D eigenvalue weighted by atomic mass is 16.3. The molecule has 1 aliphatic heterocycles. The highest BCUT2D eigenvalue weighted by Gasteiger charge is 2.25. The Morgan fingerprint density at radius 2 is 2.20 bits per heavy atom. The summed E-state index contributed by atoms with van der Waals surface area (Å²) in [7, 11) is 0. The molecule has 1 heterocycles. The maximum absolute atomic E-state index is 9.20. The zero-order valence-corrected chi connectivity index (χ0v) is 10.4. The van der Waals surface area contributed by atoms with Crippen LogP contribution in [-0.2, 0) is 0 Å². The summed E-state index contributed by atoms with van der Waals surface area (Å²) < 4.78 is 0. The van der Waals surface area contributed by atoms with Crippen LogP contribution < -0.4 is 5.32 Å². The van der Waals surface area contributed by atoms with E-state index in [0.717, 1.165) is 24.9 Å². The Bertz CT molecular complexity index is 173. The first-order valence-corrected chi connectivity index (χ1v) is 6.24. The van der Waals surface area contributed by atoms with E-state index in [0.29, 0.717) is 0 Å². The number of nitrogens with zero attached hydrogens (tertiary/aromatic N) is 1. The molecule has 90 valence electrons. The van der Waals surface area contributed by atoms with Gasteiger partial charge in [-0.15, -0.1) is 0 Å². The molecule has 2 atom stereocenters. The molecule has 0 aromatic rings. The molecule has 1 rings (SSSR count). The van der Waals surface area contributed by atoms with Crippen molar-refractivity contribution in [2.75, 3.05) is 32.8 Å². The van der Waals surface area contributed by atoms with Gasteiger partial charge >= 0.3 is 0 Å². The SMILES string of the molecule is CCNC(CO)CN1CCC(C(C)C)C1. The molecule has 15 heavy (non-hydrogen) atoms. The molecule has 0 aromatic carbocycles. The maximum Gasteiger partial charge on any atom is 0.0597 e. The van der Waals surface area contributed by atoms with Crippen molar-refractivity contribution in [3.63, 3.8) is 0 Å². The Labute approximate surface area is 93.9 Å². The van der Waals surface area contributed by atoms with Crippen LogP contribution in [0.25, 0.3) is 0 Å². The molecule has 0 aliphatic carbocycles. The van der Waals surface area contributed by atoms with Gasteiger partial charge in [0.15, 0.2) is 0 Å². The predicted molar refractivity (Wildman–Crippen MR) is 63.9 cm³/mol. The van der Waals surface area contributed by atoms with E-state index < -0.39 is 0 Å². The van der Waals surface area contributed by atoms with Crippen LogP contribution in [0, 0.1) is 11.8 Å². The van der Waals surface area contributed by atoms with Gasteiger partial charge in [0.1, 0.15) is 0 Å². The Morgan fingerprint density at radius 3 is 2.67 bits per heavy atom. The number of likely N-dealkylation sites (tertiary alicyclic amines) is 1. The Kier molecular flexibility index (Phi) is 5.58. The van der Waals surface area contributed by atoms with E-state index in [1.165, 1.54) is 19.5 Å². The quantitative estimate of drug-likeness (QED) is 0.690. The summed E-state index contributed by atoms with van der Waals surface area (Å²) >= 11 is 0. The second-order valence-corrected chi connectivity index (χ2v) is 4.99. The van der Waals surface area contributed by atoms with Crippen molar-refractivity contribution in [3.8, 4) is 0 Å². The number of likely N-dealkylation sites (N-methyl/N-ethyl adjacent to an activating group) is 1. The third kappa shape index (κ3) is 4.09. The van der Waals surface area contributed by atoms with Gasteiger partial charge in [-0.05, 0) is 31.3 Å². The van der Waals surface area contributed by atoms with E-state index >= 15 is 0 Å². The monoisotopic (exact) mass is 214 g/mol. The van der Waals surface area contributed by atoms with Crippen molar-refractivity contribution in [3.05, 3.63) is 0 Å². The molecule has 3 heteroatoms. The number of nitrogens with one attached hydrogen (secondary N) is 1. The summed E-state index contributed by atoms with van der Waals surface area (Å²) in [6, 6.07) is 0.251. The van der Waals surface area contributed by atoms with E-state index in [2.05, 4.69) is 31.0 Å². The van der Waals surface area contributed by atoms with Crippen molar-refractivity contribution in [1.29, 1.82) is 0 Å². The first-order valence-electron chi connectivity index (χ1n) is 6.24. The Morgan fingerprint density at radius 1 is 1.47 bits per heavy atom. The summed E-state index contributed by atoms with van der Waals surface area (Å²) in [5.74, 6) is 1.65. The minimum atomic E-state index is 0.247. The lowest BCUT2D eigenvalue weighted by atomic mass is 9.95. The molecule has 1 fully saturated rings. The second-order valence-electron chi connectivity index (χ2n) is 4.99. The molecule has 3 nitrogen and oxygen atoms in total. The van der Waals surface area contributed by atoms with Crippen LogP contribution in [-0.4, -0.2) is 48.8 Å². The van der Waals surface area contributed by atoms with Crippen molar-refractivity contribution >= 4 is 0 Å². The van der Waals surface area contributed by atoms with E-state index in [1.54, 1.807) is 0 Å².